The van der Waals surface area contributed by atoms with Crippen molar-refractivity contribution in [2.45, 2.75) is 38.1 Å². The van der Waals surface area contributed by atoms with E-state index in [0.717, 1.165) is 0 Å². The van der Waals surface area contributed by atoms with Crippen LogP contribution in [0.15, 0.2) is 72.8 Å². The number of fused-ring (bicyclic) bond motifs is 18. The molecule has 8 rings (SSSR count). The fraction of sp³-hybridized carbons (Fsp3) is 0.448. The lowest BCUT2D eigenvalue weighted by atomic mass is 10.0. The summed E-state index contributed by atoms with van der Waals surface area (Å²) >= 11 is 0. The van der Waals surface area contributed by atoms with Gasteiger partial charge in [0.1, 0.15) is 23.0 Å². The Morgan fingerprint density at radius 2 is 0.590 bits per heavy atom. The van der Waals surface area contributed by atoms with Gasteiger partial charge in [0.25, 0.3) is 47.3 Å². The van der Waals surface area contributed by atoms with Crippen LogP contribution in [0, 0.1) is 0 Å². The number of phenols is 4. The van der Waals surface area contributed by atoms with Crippen molar-refractivity contribution in [3.05, 3.63) is 117 Å². The van der Waals surface area contributed by atoms with Crippen molar-refractivity contribution in [2.24, 2.45) is 5.73 Å². The number of benzene rings is 4. The molecule has 0 saturated heterocycles. The first-order chi connectivity index (χ1) is 40.1. The molecule has 4 aliphatic heterocycles. The van der Waals surface area contributed by atoms with Crippen LogP contribution < -0.4 is 48.3 Å². The molecule has 3 unspecified atom stereocenters. The van der Waals surface area contributed by atoms with Gasteiger partial charge in [-0.05, 0) is 107 Å². The van der Waals surface area contributed by atoms with Gasteiger partial charge >= 0.3 is 0 Å². The van der Waals surface area contributed by atoms with E-state index in [1.54, 1.807) is 0 Å². The summed E-state index contributed by atoms with van der Waals surface area (Å²) in [5.41, 5.74) is 4.97. The summed E-state index contributed by atoms with van der Waals surface area (Å²) in [6.45, 7) is 4.14. The number of hydrogen-bond acceptors (Lipinski definition) is 17. The Bertz CT molecular complexity index is 2870. The molecular weight excluding hydrogens is 1070 g/mol. The molecule has 4 aromatic rings. The van der Waals surface area contributed by atoms with E-state index >= 15 is 0 Å². The Labute approximate surface area is 481 Å². The van der Waals surface area contributed by atoms with Crippen LogP contribution in [0.25, 0.3) is 0 Å². The lowest BCUT2D eigenvalue weighted by Gasteiger charge is -2.30. The van der Waals surface area contributed by atoms with Crippen molar-refractivity contribution in [3.63, 3.8) is 0 Å². The highest BCUT2D eigenvalue weighted by molar-refractivity contribution is 6.06. The van der Waals surface area contributed by atoms with Crippen molar-refractivity contribution in [1.82, 2.24) is 62.1 Å². The van der Waals surface area contributed by atoms with E-state index in [9.17, 15) is 58.8 Å². The summed E-state index contributed by atoms with van der Waals surface area (Å²) in [5.74, 6) is -7.04. The number of carbonyl (C=O) groups is 8. The molecule has 25 heteroatoms. The van der Waals surface area contributed by atoms with Crippen LogP contribution in [0.5, 0.6) is 23.0 Å². The van der Waals surface area contributed by atoms with Crippen LogP contribution in [-0.2, 0) is 0 Å². The third-order valence-corrected chi connectivity index (χ3v) is 14.8. The van der Waals surface area contributed by atoms with Crippen molar-refractivity contribution in [1.29, 1.82) is 0 Å². The summed E-state index contributed by atoms with van der Waals surface area (Å²) in [6, 6.07) is 16.8. The zero-order chi connectivity index (χ0) is 59.3. The van der Waals surface area contributed by atoms with Gasteiger partial charge in [-0.2, -0.15) is 0 Å². The first kappa shape index (κ1) is 62.2. The summed E-state index contributed by atoms with van der Waals surface area (Å²) in [7, 11) is 0. The number of para-hydroxylation sites is 4. The van der Waals surface area contributed by atoms with E-state index in [1.807, 2.05) is 19.6 Å². The van der Waals surface area contributed by atoms with Crippen molar-refractivity contribution < 1.29 is 58.8 Å². The zero-order valence-electron chi connectivity index (χ0n) is 46.6. The van der Waals surface area contributed by atoms with Gasteiger partial charge in [-0.15, -0.1) is 0 Å². The van der Waals surface area contributed by atoms with Crippen molar-refractivity contribution in [3.8, 4) is 23.0 Å². The lowest BCUT2D eigenvalue weighted by Crippen LogP contribution is -2.47. The Morgan fingerprint density at radius 3 is 0.855 bits per heavy atom. The van der Waals surface area contributed by atoms with Crippen LogP contribution in [0.3, 0.4) is 0 Å². The van der Waals surface area contributed by atoms with E-state index in [0.29, 0.717) is 64.8 Å². The topological polar surface area (TPSA) is 353 Å². The quantitative estimate of drug-likeness (QED) is 0.119. The molecule has 0 aliphatic carbocycles. The van der Waals surface area contributed by atoms with Gasteiger partial charge in [0.2, 0.25) is 0 Å². The maximum atomic E-state index is 14.2. The molecule has 25 nitrogen and oxygen atoms in total. The van der Waals surface area contributed by atoms with E-state index < -0.39 is 76.3 Å². The van der Waals surface area contributed by atoms with Crippen molar-refractivity contribution in [2.75, 3.05) is 131 Å². The summed E-state index contributed by atoms with van der Waals surface area (Å²) in [6.07, 6.45) is 2.62. The van der Waals surface area contributed by atoms with E-state index in [2.05, 4.69) is 42.5 Å². The van der Waals surface area contributed by atoms with Gasteiger partial charge in [0.05, 0.1) is 44.5 Å². The molecular formula is C58H77N13O12. The second kappa shape index (κ2) is 31.2. The first-order valence-corrected chi connectivity index (χ1v) is 28.3. The third kappa shape index (κ3) is 17.6. The van der Waals surface area contributed by atoms with E-state index in [1.165, 1.54) is 72.8 Å². The maximum Gasteiger partial charge on any atom is 0.255 e. The largest absolute Gasteiger partial charge is 0.506 e. The second-order valence-corrected chi connectivity index (χ2v) is 20.6. The average molecular weight is 1150 g/mol. The second-order valence-electron chi connectivity index (χ2n) is 20.6. The number of nitrogens with one attached hydrogen (secondary N) is 8. The minimum atomic E-state index is -0.630. The predicted octanol–water partition coefficient (Wildman–Crippen LogP) is -0.0254. The molecule has 14 N–H and O–H groups in total. The molecule has 0 spiro atoms. The predicted molar refractivity (Wildman–Crippen MR) is 308 cm³/mol. The molecule has 0 fully saturated rings. The number of hydrogen-bond donors (Lipinski definition) is 13. The first-order valence-electron chi connectivity index (χ1n) is 28.3. The molecule has 4 aliphatic rings. The molecule has 4 heterocycles. The Balaban J connectivity index is 1.29. The number of phenolic OH excluding ortho intramolecular Hbond substituents is 4. The fourth-order valence-electron chi connectivity index (χ4n) is 10.3. The monoisotopic (exact) mass is 1150 g/mol. The van der Waals surface area contributed by atoms with Gasteiger partial charge in [-0.25, -0.2) is 0 Å². The minimum Gasteiger partial charge on any atom is -0.506 e. The highest BCUT2D eigenvalue weighted by atomic mass is 16.3. The zero-order valence-corrected chi connectivity index (χ0v) is 46.6. The Kier molecular flexibility index (Phi) is 23.4. The smallest absolute Gasteiger partial charge is 0.255 e. The molecule has 0 saturated carbocycles. The Morgan fingerprint density at radius 1 is 0.349 bits per heavy atom. The molecule has 12 bridgehead atoms. The number of aromatic hydroxyl groups is 4. The molecule has 0 radical (unpaired) electrons. The SMILES string of the molecule is NCCCCC1CN2CCCN3CCNC(=O)c4cccc(c4O)C(=O)NCCN(CCCN(CCNC(=O)c4cccc(c4O)C(=O)NCC2)CCNC(=O)c2cccc(c2O)C(=O)N1)CCNC(=O)c1cccc(c1O)C(=O)NCC3. The summed E-state index contributed by atoms with van der Waals surface area (Å²) < 4.78 is 0. The van der Waals surface area contributed by atoms with Gasteiger partial charge in [-0.1, -0.05) is 30.7 Å². The molecule has 0 aromatic heterocycles. The number of amides is 8. The van der Waals surface area contributed by atoms with Crippen LogP contribution in [0.4, 0.5) is 0 Å². The fourth-order valence-corrected chi connectivity index (χ4v) is 10.3. The highest BCUT2D eigenvalue weighted by Crippen LogP contribution is 2.26. The number of unbranched alkanes of at least 4 members (excludes halogenated alkanes) is 1. The van der Waals surface area contributed by atoms with E-state index in [-0.39, 0.29) is 143 Å². The highest BCUT2D eigenvalue weighted by Gasteiger charge is 2.26. The van der Waals surface area contributed by atoms with E-state index in [4.69, 9.17) is 5.73 Å². The normalized spacial score (nSPS) is 22.3. The molecule has 446 valence electrons. The number of rotatable bonds is 4. The summed E-state index contributed by atoms with van der Waals surface area (Å²) in [5, 5.41) is 68.5. The molecule has 83 heavy (non-hydrogen) atoms. The molecule has 8 amide bonds. The van der Waals surface area contributed by atoms with Crippen LogP contribution in [0.1, 0.15) is 115 Å². The molecule has 3 atom stereocenters. The van der Waals surface area contributed by atoms with Gasteiger partial charge < -0.3 is 68.7 Å². The van der Waals surface area contributed by atoms with Crippen LogP contribution >= 0.6 is 0 Å². The number of nitrogens with two attached hydrogens (primary N) is 1. The van der Waals surface area contributed by atoms with Gasteiger partial charge in [-0.3, -0.25) is 58.0 Å². The summed E-state index contributed by atoms with van der Waals surface area (Å²) in [4.78, 5) is 118. The standard InChI is InChI=1S/C58H77N13O12/c59-18-2-1-9-38-37-71-29-8-28-70-34-23-63-53(78)41-12-3-10-39(47(41)72)51(76)60-19-30-68(31-20-61-52(77)40-11-4-13-42(48(40)73)54(79)64-24-35-70)26-7-27-69(33-22-65-57(82)45-16-6-17-46(50(45)75)58(83)67-38)32-21-62-55(80)43-14-5-15-44(49(43)74)56(81)66-25-36-71/h3-6,10-17,38,72-75H,1-2,7-9,18-37,59H2,(H,60,76)(H,61,77)(H,62,80)(H,63,78)(H,64,79)(H,65,82)(H,66,81)(H,67,83). The Hall–Kier alpha value is -8.36. The number of carbonyl (C=O) groups excluding carboxylic acids is 8. The maximum absolute atomic E-state index is 14.2. The third-order valence-electron chi connectivity index (χ3n) is 14.8. The lowest BCUT2D eigenvalue weighted by molar-refractivity contribution is 0.0908. The minimum absolute atomic E-state index is 0.0525. The van der Waals surface area contributed by atoms with Crippen LogP contribution in [-0.4, -0.2) is 224 Å². The molecule has 4 aromatic carbocycles. The van der Waals surface area contributed by atoms with Gasteiger partial charge in [0, 0.05) is 104 Å². The number of nitrogens with zero attached hydrogens (tertiary/aromatic N) is 4. The van der Waals surface area contributed by atoms with Crippen LogP contribution in [0.2, 0.25) is 0 Å². The van der Waals surface area contributed by atoms with Crippen molar-refractivity contribution >= 4 is 47.3 Å². The average Bonchev–Trinajstić information content (AvgIpc) is 3.52. The van der Waals surface area contributed by atoms with Gasteiger partial charge in [0.15, 0.2) is 0 Å².